The highest BCUT2D eigenvalue weighted by atomic mass is 79.9. The smallest absolute Gasteiger partial charge is 0.241 e. The number of ether oxygens (including phenoxy) is 1. The van der Waals surface area contributed by atoms with E-state index in [1.165, 1.54) is 13.2 Å². The number of rotatable bonds is 6. The molecule has 0 saturated carbocycles. The van der Waals surface area contributed by atoms with E-state index in [0.717, 1.165) is 4.47 Å². The van der Waals surface area contributed by atoms with Gasteiger partial charge in [0.15, 0.2) is 0 Å². The topological polar surface area (TPSA) is 75.6 Å². The van der Waals surface area contributed by atoms with Crippen molar-refractivity contribution in [3.05, 3.63) is 27.1 Å². The first-order valence-electron chi connectivity index (χ1n) is 4.98. The van der Waals surface area contributed by atoms with Crippen molar-refractivity contribution in [1.82, 2.24) is 4.72 Å². The van der Waals surface area contributed by atoms with E-state index in [9.17, 15) is 13.5 Å². The van der Waals surface area contributed by atoms with Gasteiger partial charge >= 0.3 is 0 Å². The molecule has 8 heteroatoms. The summed E-state index contributed by atoms with van der Waals surface area (Å²) in [5, 5.41) is 9.40. The molecule has 0 radical (unpaired) electrons. The van der Waals surface area contributed by atoms with E-state index in [1.54, 1.807) is 12.1 Å². The lowest BCUT2D eigenvalue weighted by Gasteiger charge is -2.12. The molecular formula is C10H13Br2NO4S. The standard InChI is InChI=1S/C10H13Br2NO4S/c1-17-6-8(14)5-13-18(15,16)10-3-2-7(11)4-9(10)12/h2-4,8,13-14H,5-6H2,1H3. The summed E-state index contributed by atoms with van der Waals surface area (Å²) in [4.78, 5) is 0.121. The quantitative estimate of drug-likeness (QED) is 0.755. The number of methoxy groups -OCH3 is 1. The first-order chi connectivity index (χ1) is 8.36. The van der Waals surface area contributed by atoms with E-state index in [-0.39, 0.29) is 18.0 Å². The van der Waals surface area contributed by atoms with Crippen molar-refractivity contribution in [3.63, 3.8) is 0 Å². The highest BCUT2D eigenvalue weighted by Gasteiger charge is 2.18. The van der Waals surface area contributed by atoms with Gasteiger partial charge in [-0.2, -0.15) is 0 Å². The van der Waals surface area contributed by atoms with Crippen LogP contribution in [0.3, 0.4) is 0 Å². The maximum absolute atomic E-state index is 12.0. The van der Waals surface area contributed by atoms with E-state index < -0.39 is 16.1 Å². The lowest BCUT2D eigenvalue weighted by Crippen LogP contribution is -2.34. The predicted molar refractivity (Wildman–Crippen MR) is 74.9 cm³/mol. The third kappa shape index (κ3) is 4.60. The summed E-state index contributed by atoms with van der Waals surface area (Å²) < 4.78 is 32.2. The summed E-state index contributed by atoms with van der Waals surface area (Å²) in [7, 11) is -2.22. The van der Waals surface area contributed by atoms with Crippen molar-refractivity contribution in [3.8, 4) is 0 Å². The fourth-order valence-corrected chi connectivity index (χ4v) is 4.04. The summed E-state index contributed by atoms with van der Waals surface area (Å²) in [5.74, 6) is 0. The van der Waals surface area contributed by atoms with Crippen LogP contribution in [0.2, 0.25) is 0 Å². The number of hydrogen-bond donors (Lipinski definition) is 2. The van der Waals surface area contributed by atoms with E-state index in [1.807, 2.05) is 0 Å². The lowest BCUT2D eigenvalue weighted by atomic mass is 10.4. The molecule has 1 atom stereocenters. The van der Waals surface area contributed by atoms with Crippen LogP contribution in [0.5, 0.6) is 0 Å². The molecule has 18 heavy (non-hydrogen) atoms. The van der Waals surface area contributed by atoms with Crippen LogP contribution in [0.25, 0.3) is 0 Å². The van der Waals surface area contributed by atoms with E-state index in [2.05, 4.69) is 36.6 Å². The summed E-state index contributed by atoms with van der Waals surface area (Å²) in [6.45, 7) is -0.0251. The van der Waals surface area contributed by atoms with E-state index in [4.69, 9.17) is 4.74 Å². The molecule has 1 rings (SSSR count). The number of aliphatic hydroxyl groups excluding tert-OH is 1. The SMILES string of the molecule is COCC(O)CNS(=O)(=O)c1ccc(Br)cc1Br. The lowest BCUT2D eigenvalue weighted by molar-refractivity contribution is 0.0679. The second-order valence-corrected chi connectivity index (χ2v) is 7.04. The third-order valence-corrected chi connectivity index (χ3v) is 4.94. The molecule has 0 bridgehead atoms. The van der Waals surface area contributed by atoms with Gasteiger partial charge in [-0.05, 0) is 34.1 Å². The largest absolute Gasteiger partial charge is 0.389 e. The zero-order chi connectivity index (χ0) is 13.8. The molecule has 0 aliphatic heterocycles. The summed E-state index contributed by atoms with van der Waals surface area (Å²) in [6, 6.07) is 4.74. The van der Waals surface area contributed by atoms with Crippen LogP contribution in [0.15, 0.2) is 32.0 Å². The Kier molecular flexibility index (Phi) is 6.22. The molecule has 0 saturated heterocycles. The molecule has 0 spiro atoms. The summed E-state index contributed by atoms with van der Waals surface area (Å²) in [6.07, 6.45) is -0.876. The number of benzene rings is 1. The van der Waals surface area contributed by atoms with Crippen molar-refractivity contribution < 1.29 is 18.3 Å². The van der Waals surface area contributed by atoms with Gasteiger partial charge in [-0.25, -0.2) is 13.1 Å². The fourth-order valence-electron chi connectivity index (χ4n) is 1.23. The highest BCUT2D eigenvalue weighted by Crippen LogP contribution is 2.25. The van der Waals surface area contributed by atoms with Crippen molar-refractivity contribution in [2.24, 2.45) is 0 Å². The van der Waals surface area contributed by atoms with Gasteiger partial charge in [0.05, 0.1) is 17.6 Å². The Bertz CT molecular complexity index is 507. The number of sulfonamides is 1. The fraction of sp³-hybridized carbons (Fsp3) is 0.400. The monoisotopic (exact) mass is 401 g/mol. The van der Waals surface area contributed by atoms with Crippen molar-refractivity contribution in [2.75, 3.05) is 20.3 Å². The molecule has 1 unspecified atom stereocenters. The van der Waals surface area contributed by atoms with Crippen molar-refractivity contribution in [2.45, 2.75) is 11.0 Å². The molecule has 0 aliphatic carbocycles. The predicted octanol–water partition coefficient (Wildman–Crippen LogP) is 1.50. The molecule has 0 aromatic heterocycles. The number of nitrogens with one attached hydrogen (secondary N) is 1. The average molecular weight is 403 g/mol. The zero-order valence-corrected chi connectivity index (χ0v) is 13.5. The van der Waals surface area contributed by atoms with E-state index in [0.29, 0.717) is 4.47 Å². The van der Waals surface area contributed by atoms with E-state index >= 15 is 0 Å². The third-order valence-electron chi connectivity index (χ3n) is 2.05. The number of halogens is 2. The Morgan fingerprint density at radius 2 is 2.11 bits per heavy atom. The highest BCUT2D eigenvalue weighted by molar-refractivity contribution is 9.11. The van der Waals surface area contributed by atoms with Crippen LogP contribution in [0, 0.1) is 0 Å². The second kappa shape index (κ2) is 6.97. The Hall–Kier alpha value is 0.01000. The van der Waals surface area contributed by atoms with Gasteiger partial charge in [0.1, 0.15) is 0 Å². The Labute approximate surface area is 123 Å². The first kappa shape index (κ1) is 16.1. The van der Waals surface area contributed by atoms with Gasteiger partial charge in [-0.1, -0.05) is 15.9 Å². The van der Waals surface area contributed by atoms with Gasteiger partial charge in [0.25, 0.3) is 0 Å². The minimum Gasteiger partial charge on any atom is -0.389 e. The molecule has 5 nitrogen and oxygen atoms in total. The van der Waals surface area contributed by atoms with Crippen LogP contribution in [-0.4, -0.2) is 39.9 Å². The van der Waals surface area contributed by atoms with Gasteiger partial charge < -0.3 is 9.84 Å². The maximum atomic E-state index is 12.0. The van der Waals surface area contributed by atoms with Gasteiger partial charge in [0, 0.05) is 22.6 Å². The van der Waals surface area contributed by atoms with Crippen molar-refractivity contribution >= 4 is 41.9 Å². The average Bonchev–Trinajstić information content (AvgIpc) is 2.26. The van der Waals surface area contributed by atoms with Crippen molar-refractivity contribution in [1.29, 1.82) is 0 Å². The van der Waals surface area contributed by atoms with Gasteiger partial charge in [-0.15, -0.1) is 0 Å². The molecule has 0 aliphatic rings. The first-order valence-corrected chi connectivity index (χ1v) is 8.05. The van der Waals surface area contributed by atoms with Gasteiger partial charge in [-0.3, -0.25) is 0 Å². The van der Waals surface area contributed by atoms with Crippen LogP contribution in [0.1, 0.15) is 0 Å². The number of hydrogen-bond acceptors (Lipinski definition) is 4. The normalized spacial score (nSPS) is 13.6. The Morgan fingerprint density at radius 1 is 1.44 bits per heavy atom. The van der Waals surface area contributed by atoms with Crippen LogP contribution in [-0.2, 0) is 14.8 Å². The summed E-state index contributed by atoms with van der Waals surface area (Å²) >= 11 is 6.43. The summed E-state index contributed by atoms with van der Waals surface area (Å²) in [5.41, 5.74) is 0. The molecular weight excluding hydrogens is 390 g/mol. The molecule has 1 aromatic rings. The van der Waals surface area contributed by atoms with Crippen LogP contribution >= 0.6 is 31.9 Å². The second-order valence-electron chi connectivity index (χ2n) is 3.54. The molecule has 102 valence electrons. The Balaban J connectivity index is 2.80. The molecule has 0 amide bonds. The molecule has 2 N–H and O–H groups in total. The van der Waals surface area contributed by atoms with Gasteiger partial charge in [0.2, 0.25) is 10.0 Å². The number of aliphatic hydroxyl groups is 1. The maximum Gasteiger partial charge on any atom is 0.241 e. The van der Waals surface area contributed by atoms with Crippen LogP contribution < -0.4 is 4.72 Å². The molecule has 1 aromatic carbocycles. The Morgan fingerprint density at radius 3 is 2.67 bits per heavy atom. The molecule has 0 heterocycles. The minimum atomic E-state index is -3.65. The minimum absolute atomic E-state index is 0.0734. The zero-order valence-electron chi connectivity index (χ0n) is 9.56. The van der Waals surface area contributed by atoms with Crippen LogP contribution in [0.4, 0.5) is 0 Å². The molecule has 0 fully saturated rings.